The highest BCUT2D eigenvalue weighted by molar-refractivity contribution is 5.84. The van der Waals surface area contributed by atoms with Crippen molar-refractivity contribution in [2.75, 3.05) is 6.61 Å². The van der Waals surface area contributed by atoms with Crippen molar-refractivity contribution in [3.8, 4) is 12.3 Å². The van der Waals surface area contributed by atoms with E-state index in [2.05, 4.69) is 18.2 Å². The van der Waals surface area contributed by atoms with Gasteiger partial charge >= 0.3 is 12.1 Å². The van der Waals surface area contributed by atoms with E-state index in [-0.39, 0.29) is 36.6 Å². The maximum Gasteiger partial charge on any atom is 0.408 e. The van der Waals surface area contributed by atoms with Gasteiger partial charge in [0.15, 0.2) is 6.61 Å². The summed E-state index contributed by atoms with van der Waals surface area (Å²) in [6.45, 7) is 19.0. The summed E-state index contributed by atoms with van der Waals surface area (Å²) in [5.41, 5.74) is -1.84. The molecular weight excluding hydrogens is 746 g/mol. The molecule has 58 heavy (non-hydrogen) atoms. The van der Waals surface area contributed by atoms with Gasteiger partial charge in [-0.1, -0.05) is 73.5 Å². The second kappa shape index (κ2) is 20.3. The molecule has 4 aliphatic rings. The summed E-state index contributed by atoms with van der Waals surface area (Å²) in [5.74, 6) is -3.00. The lowest BCUT2D eigenvalue weighted by molar-refractivity contribution is -0.460. The maximum atomic E-state index is 14.6. The van der Waals surface area contributed by atoms with Crippen molar-refractivity contribution in [2.24, 2.45) is 41.4 Å². The van der Waals surface area contributed by atoms with Gasteiger partial charge in [0.2, 0.25) is 5.79 Å². The second-order valence-electron chi connectivity index (χ2n) is 18.2. The molecule has 4 heterocycles. The fourth-order valence-corrected chi connectivity index (χ4v) is 10.1. The van der Waals surface area contributed by atoms with Crippen LogP contribution in [0, 0.1) is 53.8 Å². The molecule has 0 unspecified atom stereocenters. The average molecular weight is 820 g/mol. The van der Waals surface area contributed by atoms with E-state index >= 15 is 0 Å². The van der Waals surface area contributed by atoms with E-state index in [0.717, 1.165) is 6.42 Å². The van der Waals surface area contributed by atoms with Gasteiger partial charge in [-0.05, 0) is 89.4 Å². The smallest absolute Gasteiger partial charge is 0.408 e. The number of aliphatic carboxylic acids is 1. The second-order valence-corrected chi connectivity index (χ2v) is 18.2. The first kappa shape index (κ1) is 48.1. The highest BCUT2D eigenvalue weighted by Crippen LogP contribution is 2.49. The normalized spacial score (nSPS) is 40.3. The number of aliphatic hydroxyl groups is 2. The van der Waals surface area contributed by atoms with E-state index in [1.807, 2.05) is 67.5 Å². The molecule has 1 spiro atoms. The minimum absolute atomic E-state index is 0.00408. The lowest BCUT2D eigenvalue weighted by Gasteiger charge is -2.47. The van der Waals surface area contributed by atoms with Crippen LogP contribution in [0.5, 0.6) is 0 Å². The molecule has 0 aromatic rings. The van der Waals surface area contributed by atoms with Crippen LogP contribution in [0.25, 0.3) is 0 Å². The van der Waals surface area contributed by atoms with Crippen molar-refractivity contribution in [1.82, 2.24) is 5.32 Å². The van der Waals surface area contributed by atoms with Gasteiger partial charge in [0.05, 0.1) is 47.6 Å². The quantitative estimate of drug-likeness (QED) is 0.0824. The first-order valence-corrected chi connectivity index (χ1v) is 21.9. The number of hydrogen-bond donors (Lipinski definition) is 4. The van der Waals surface area contributed by atoms with Crippen LogP contribution in [0.4, 0.5) is 4.79 Å². The molecule has 17 atom stereocenters. The number of Topliss-reactive ketones (excluding diaryl/α,β-unsaturated/α-hetero) is 1. The van der Waals surface area contributed by atoms with E-state index in [1.165, 1.54) is 0 Å². The fourth-order valence-electron chi connectivity index (χ4n) is 10.1. The Bertz CT molecular complexity index is 1470. The summed E-state index contributed by atoms with van der Waals surface area (Å²) in [7, 11) is 0. The van der Waals surface area contributed by atoms with Gasteiger partial charge in [0.1, 0.15) is 17.9 Å². The minimum Gasteiger partial charge on any atom is -0.481 e. The maximum absolute atomic E-state index is 14.6. The first-order chi connectivity index (χ1) is 27.3. The van der Waals surface area contributed by atoms with Gasteiger partial charge in [0.25, 0.3) is 0 Å². The number of carboxylic acid groups (broad SMARTS) is 1. The molecule has 3 fully saturated rings. The standard InChI is InChI=1S/C45H73NO12/c1-12-24-53-42(51)46-35-19-16-26(5)25-28(7)40(56-58-45(35)23-22-43(11,57-45)36-20-21-44(52,15-4)31(10)54-36)33(14-3)38(48)29(8)37(47)30(9)39-27(6)17-18-34(55-39)32(13-2)41(49)50/h1,16,19,26-37,39-40,47,52H,13-15,17-18,20-25H2,2-11H3,(H,46,51)(H,49,50)/b19-16-/t26-,27-,28-,29-,30-,31-,32+,33-,34+,35+,36+,37+,39+,40-,43-,44+,45-/m0/s1. The summed E-state index contributed by atoms with van der Waals surface area (Å²) < 4.78 is 25.1. The summed E-state index contributed by atoms with van der Waals surface area (Å²) in [6.07, 6.45) is 10.2. The van der Waals surface area contributed by atoms with Gasteiger partial charge in [-0.2, -0.15) is 4.89 Å². The van der Waals surface area contributed by atoms with E-state index in [0.29, 0.717) is 51.4 Å². The topological polar surface area (TPSA) is 179 Å². The molecule has 13 heteroatoms. The predicted molar refractivity (Wildman–Crippen MR) is 217 cm³/mol. The molecule has 4 rings (SSSR count). The highest BCUT2D eigenvalue weighted by Gasteiger charge is 2.59. The number of terminal acetylenes is 1. The Morgan fingerprint density at radius 1 is 0.948 bits per heavy atom. The van der Waals surface area contributed by atoms with E-state index in [4.69, 9.17) is 35.1 Å². The number of aliphatic hydroxyl groups excluding tert-OH is 1. The summed E-state index contributed by atoms with van der Waals surface area (Å²) in [4.78, 5) is 52.7. The Hall–Kier alpha value is -2.57. The van der Waals surface area contributed by atoms with Crippen LogP contribution >= 0.6 is 0 Å². The Morgan fingerprint density at radius 3 is 2.24 bits per heavy atom. The van der Waals surface area contributed by atoms with Gasteiger partial charge < -0.3 is 39.6 Å². The van der Waals surface area contributed by atoms with Crippen LogP contribution in [-0.4, -0.2) is 99.4 Å². The van der Waals surface area contributed by atoms with Gasteiger partial charge in [-0.25, -0.2) is 9.68 Å². The molecule has 0 aliphatic carbocycles. The largest absolute Gasteiger partial charge is 0.481 e. The number of alkyl carbamates (subject to hydrolysis) is 1. The third-order valence-electron chi connectivity index (χ3n) is 14.1. The number of carbonyl (C=O) groups is 3. The van der Waals surface area contributed by atoms with Crippen LogP contribution < -0.4 is 5.32 Å². The molecule has 0 aromatic heterocycles. The SMILES string of the molecule is C#CCOC(=O)N[C@@H]1/C=C\[C@H](C)C[C@H](C)[C@@H]([C@@H](CC)C(=O)[C@@H](C)[C@@H](O)[C@H](C)[C@@H]2O[C@@H]([C@@H](CC)C(=O)O)CC[C@@H]2C)OO[C@@]12CC[C@@](C)([C@H]1CC[C@](O)(CC)[C@H](C)O1)O2. The number of carboxylic acids is 1. The van der Waals surface area contributed by atoms with Crippen molar-refractivity contribution in [3.05, 3.63) is 12.2 Å². The molecule has 0 bridgehead atoms. The monoisotopic (exact) mass is 820 g/mol. The minimum atomic E-state index is -1.57. The number of rotatable bonds is 14. The number of nitrogens with one attached hydrogen (secondary N) is 1. The molecule has 0 radical (unpaired) electrons. The zero-order chi connectivity index (χ0) is 43.2. The van der Waals surface area contributed by atoms with Crippen molar-refractivity contribution >= 4 is 17.8 Å². The van der Waals surface area contributed by atoms with E-state index in [9.17, 15) is 29.7 Å². The third-order valence-corrected chi connectivity index (χ3v) is 14.1. The molecule has 13 nitrogen and oxygen atoms in total. The molecule has 330 valence electrons. The van der Waals surface area contributed by atoms with Crippen LogP contribution in [0.3, 0.4) is 0 Å². The lowest BCUT2D eigenvalue weighted by atomic mass is 9.74. The predicted octanol–water partition coefficient (Wildman–Crippen LogP) is 6.76. The number of ketones is 1. The van der Waals surface area contributed by atoms with Crippen LogP contribution in [0.15, 0.2) is 12.2 Å². The van der Waals surface area contributed by atoms with Crippen LogP contribution in [0.2, 0.25) is 0 Å². The molecule has 0 saturated carbocycles. The van der Waals surface area contributed by atoms with Crippen molar-refractivity contribution < 1.29 is 58.4 Å². The Balaban J connectivity index is 1.62. The van der Waals surface area contributed by atoms with Crippen molar-refractivity contribution in [3.63, 3.8) is 0 Å². The summed E-state index contributed by atoms with van der Waals surface area (Å²) >= 11 is 0. The number of carbonyl (C=O) groups excluding carboxylic acids is 2. The summed E-state index contributed by atoms with van der Waals surface area (Å²) in [5, 5.41) is 35.7. The summed E-state index contributed by atoms with van der Waals surface area (Å²) in [6, 6.07) is -0.892. The first-order valence-electron chi connectivity index (χ1n) is 21.9. The molecule has 4 N–H and O–H groups in total. The average Bonchev–Trinajstić information content (AvgIpc) is 3.55. The number of allylic oxidation sites excluding steroid dienone is 1. The number of ether oxygens (including phenoxy) is 4. The molecular formula is C45H73NO12. The van der Waals surface area contributed by atoms with Crippen LogP contribution in [0.1, 0.15) is 133 Å². The van der Waals surface area contributed by atoms with Crippen molar-refractivity contribution in [1.29, 1.82) is 0 Å². The van der Waals surface area contributed by atoms with Crippen LogP contribution in [-0.2, 0) is 38.3 Å². The van der Waals surface area contributed by atoms with E-state index in [1.54, 1.807) is 6.92 Å². The van der Waals surface area contributed by atoms with Gasteiger partial charge in [-0.3, -0.25) is 9.59 Å². The number of amides is 1. The zero-order valence-corrected chi connectivity index (χ0v) is 36.6. The molecule has 4 aliphatic heterocycles. The molecule has 0 aromatic carbocycles. The Labute approximate surface area is 346 Å². The third kappa shape index (κ3) is 10.7. The molecule has 1 amide bonds. The number of hydrogen-bond acceptors (Lipinski definition) is 11. The Kier molecular flexibility index (Phi) is 16.9. The van der Waals surface area contributed by atoms with Gasteiger partial charge in [-0.15, -0.1) is 6.42 Å². The van der Waals surface area contributed by atoms with Crippen molar-refractivity contribution in [2.45, 2.75) is 193 Å². The zero-order valence-electron chi connectivity index (χ0n) is 36.6. The lowest BCUT2D eigenvalue weighted by Crippen LogP contribution is -2.58. The van der Waals surface area contributed by atoms with E-state index < -0.39 is 95.4 Å². The fraction of sp³-hybridized carbons (Fsp3) is 0.844. The molecule has 3 saturated heterocycles. The Morgan fingerprint density at radius 2 is 1.64 bits per heavy atom. The van der Waals surface area contributed by atoms with Gasteiger partial charge in [0, 0.05) is 24.2 Å². The highest BCUT2D eigenvalue weighted by atomic mass is 17.2.